The third kappa shape index (κ3) is 4.51. The van der Waals surface area contributed by atoms with Gasteiger partial charge in [0.15, 0.2) is 11.6 Å². The summed E-state index contributed by atoms with van der Waals surface area (Å²) in [5, 5.41) is 5.65. The zero-order chi connectivity index (χ0) is 21.8. The second-order valence-electron chi connectivity index (χ2n) is 6.62. The molecule has 0 aliphatic rings. The number of fused-ring (bicyclic) bond motifs is 1. The van der Waals surface area contributed by atoms with Crippen LogP contribution in [0.5, 0.6) is 0 Å². The fourth-order valence-electron chi connectivity index (χ4n) is 2.99. The highest BCUT2D eigenvalue weighted by Crippen LogP contribution is 2.31. The van der Waals surface area contributed by atoms with Crippen molar-refractivity contribution in [3.63, 3.8) is 0 Å². The molecule has 1 heterocycles. The first-order valence-electron chi connectivity index (χ1n) is 9.33. The lowest BCUT2D eigenvalue weighted by Crippen LogP contribution is -2.16. The maximum atomic E-state index is 13.5. The van der Waals surface area contributed by atoms with Gasteiger partial charge in [0, 0.05) is 23.2 Å². The van der Waals surface area contributed by atoms with Crippen LogP contribution in [0.3, 0.4) is 0 Å². The Bertz CT molecular complexity index is 1300. The topological polar surface area (TPSA) is 71.3 Å². The lowest BCUT2D eigenvalue weighted by atomic mass is 10.2. The highest BCUT2D eigenvalue weighted by atomic mass is 19.2. The highest BCUT2D eigenvalue weighted by molar-refractivity contribution is 6.16. The molecule has 2 N–H and O–H groups in total. The quantitative estimate of drug-likeness (QED) is 0.414. The van der Waals surface area contributed by atoms with Crippen LogP contribution in [-0.2, 0) is 4.79 Å². The molecule has 1 aromatic heterocycles. The number of hydrogen-bond donors (Lipinski definition) is 2. The van der Waals surface area contributed by atoms with Crippen molar-refractivity contribution in [2.24, 2.45) is 0 Å². The summed E-state index contributed by atoms with van der Waals surface area (Å²) in [6, 6.07) is 19.1. The van der Waals surface area contributed by atoms with Crippen LogP contribution >= 0.6 is 0 Å². The Morgan fingerprint density at radius 3 is 2.35 bits per heavy atom. The maximum absolute atomic E-state index is 13.5. The number of benzene rings is 3. The molecule has 0 aliphatic carbocycles. The van der Waals surface area contributed by atoms with Crippen LogP contribution in [0.1, 0.15) is 16.1 Å². The van der Waals surface area contributed by atoms with Gasteiger partial charge in [-0.15, -0.1) is 0 Å². The van der Waals surface area contributed by atoms with Crippen LogP contribution in [0.15, 0.2) is 83.3 Å². The molecular formula is C24H16F2N2O3. The molecule has 0 saturated heterocycles. The van der Waals surface area contributed by atoms with E-state index in [9.17, 15) is 18.4 Å². The van der Waals surface area contributed by atoms with E-state index in [1.165, 1.54) is 12.1 Å². The van der Waals surface area contributed by atoms with E-state index in [1.807, 2.05) is 30.3 Å². The summed E-state index contributed by atoms with van der Waals surface area (Å²) in [6.07, 6.45) is 2.98. The Kier molecular flexibility index (Phi) is 5.57. The molecule has 154 valence electrons. The molecule has 3 aromatic carbocycles. The lowest BCUT2D eigenvalue weighted by molar-refractivity contribution is -0.111. The number of halogens is 2. The summed E-state index contributed by atoms with van der Waals surface area (Å²) in [6.45, 7) is 0. The average Bonchev–Trinajstić information content (AvgIpc) is 3.14. The first-order chi connectivity index (χ1) is 15.0. The number of furan rings is 1. The molecule has 0 radical (unpaired) electrons. The van der Waals surface area contributed by atoms with Crippen molar-refractivity contribution >= 4 is 40.2 Å². The molecule has 0 atom stereocenters. The normalized spacial score (nSPS) is 11.0. The van der Waals surface area contributed by atoms with Gasteiger partial charge in [0.2, 0.25) is 11.7 Å². The Morgan fingerprint density at radius 2 is 1.58 bits per heavy atom. The largest absolute Gasteiger partial charge is 0.449 e. The van der Waals surface area contributed by atoms with Gasteiger partial charge in [-0.25, -0.2) is 8.78 Å². The van der Waals surface area contributed by atoms with Gasteiger partial charge in [-0.1, -0.05) is 42.5 Å². The summed E-state index contributed by atoms with van der Waals surface area (Å²) in [7, 11) is 0. The average molecular weight is 418 g/mol. The van der Waals surface area contributed by atoms with Crippen molar-refractivity contribution in [1.29, 1.82) is 0 Å². The number of carbonyl (C=O) groups is 2. The molecule has 0 bridgehead atoms. The van der Waals surface area contributed by atoms with Crippen molar-refractivity contribution in [3.05, 3.63) is 102 Å². The second kappa shape index (κ2) is 8.62. The van der Waals surface area contributed by atoms with Gasteiger partial charge in [0.25, 0.3) is 5.91 Å². The van der Waals surface area contributed by atoms with Gasteiger partial charge >= 0.3 is 0 Å². The molecule has 7 heteroatoms. The second-order valence-corrected chi connectivity index (χ2v) is 6.62. The Balaban J connectivity index is 1.62. The van der Waals surface area contributed by atoms with Crippen LogP contribution < -0.4 is 10.6 Å². The molecule has 0 fully saturated rings. The minimum atomic E-state index is -1.10. The zero-order valence-electron chi connectivity index (χ0n) is 16.1. The molecule has 0 saturated carbocycles. The summed E-state index contributed by atoms with van der Waals surface area (Å²) < 4.78 is 32.2. The predicted molar refractivity (Wildman–Crippen MR) is 115 cm³/mol. The smallest absolute Gasteiger partial charge is 0.293 e. The van der Waals surface area contributed by atoms with Gasteiger partial charge in [-0.2, -0.15) is 0 Å². The zero-order valence-corrected chi connectivity index (χ0v) is 16.1. The van der Waals surface area contributed by atoms with E-state index in [0.717, 1.165) is 17.7 Å². The monoisotopic (exact) mass is 418 g/mol. The third-order valence-corrected chi connectivity index (χ3v) is 4.45. The highest BCUT2D eigenvalue weighted by Gasteiger charge is 2.22. The van der Waals surface area contributed by atoms with Crippen molar-refractivity contribution in [1.82, 2.24) is 0 Å². The van der Waals surface area contributed by atoms with E-state index in [0.29, 0.717) is 11.0 Å². The summed E-state index contributed by atoms with van der Waals surface area (Å²) in [5.74, 6) is -3.46. The van der Waals surface area contributed by atoms with Crippen LogP contribution in [0.25, 0.3) is 17.0 Å². The number of para-hydroxylation sites is 1. The van der Waals surface area contributed by atoms with Gasteiger partial charge in [-0.05, 0) is 35.9 Å². The van der Waals surface area contributed by atoms with Crippen molar-refractivity contribution in [2.75, 3.05) is 10.6 Å². The van der Waals surface area contributed by atoms with E-state index in [1.54, 1.807) is 30.3 Å². The van der Waals surface area contributed by atoms with E-state index >= 15 is 0 Å². The van der Waals surface area contributed by atoms with Crippen LogP contribution in [-0.4, -0.2) is 11.8 Å². The van der Waals surface area contributed by atoms with E-state index in [-0.39, 0.29) is 17.1 Å². The number of amides is 2. The van der Waals surface area contributed by atoms with Gasteiger partial charge < -0.3 is 15.1 Å². The van der Waals surface area contributed by atoms with Crippen molar-refractivity contribution in [3.8, 4) is 0 Å². The lowest BCUT2D eigenvalue weighted by Gasteiger charge is -2.06. The summed E-state index contributed by atoms with van der Waals surface area (Å²) >= 11 is 0. The summed E-state index contributed by atoms with van der Waals surface area (Å²) in [5.41, 5.74) is 1.45. The van der Waals surface area contributed by atoms with Crippen LogP contribution in [0.2, 0.25) is 0 Å². The fraction of sp³-hybridized carbons (Fsp3) is 0. The standard InChI is InChI=1S/C24H16F2N2O3/c25-18-12-11-16(14-19(18)26)27-24(30)23-22(17-8-4-5-9-20(17)31-23)28-21(29)13-10-15-6-2-1-3-7-15/h1-14H,(H,27,30)(H,28,29)/b13-10+. The Morgan fingerprint density at radius 1 is 0.839 bits per heavy atom. The number of carbonyl (C=O) groups excluding carboxylic acids is 2. The molecule has 4 aromatic rings. The first-order valence-corrected chi connectivity index (χ1v) is 9.33. The van der Waals surface area contributed by atoms with Gasteiger partial charge in [-0.3, -0.25) is 9.59 Å². The van der Waals surface area contributed by atoms with E-state index in [4.69, 9.17) is 4.42 Å². The molecule has 4 rings (SSSR count). The SMILES string of the molecule is O=C(/C=C/c1ccccc1)Nc1c(C(=O)Nc2ccc(F)c(F)c2)oc2ccccc12. The number of rotatable bonds is 5. The van der Waals surface area contributed by atoms with Crippen LogP contribution in [0, 0.1) is 11.6 Å². The molecule has 0 spiro atoms. The number of nitrogens with one attached hydrogen (secondary N) is 2. The Labute approximate surface area is 176 Å². The minimum Gasteiger partial charge on any atom is -0.449 e. The maximum Gasteiger partial charge on any atom is 0.293 e. The van der Waals surface area contributed by atoms with Crippen molar-refractivity contribution in [2.45, 2.75) is 0 Å². The van der Waals surface area contributed by atoms with Gasteiger partial charge in [0.05, 0.1) is 0 Å². The summed E-state index contributed by atoms with van der Waals surface area (Å²) in [4.78, 5) is 25.3. The molecule has 0 unspecified atom stereocenters. The Hall–Kier alpha value is -4.26. The van der Waals surface area contributed by atoms with E-state index < -0.39 is 23.4 Å². The fourth-order valence-corrected chi connectivity index (χ4v) is 2.99. The van der Waals surface area contributed by atoms with Gasteiger partial charge in [0.1, 0.15) is 11.3 Å². The predicted octanol–water partition coefficient (Wildman–Crippen LogP) is 5.62. The molecule has 31 heavy (non-hydrogen) atoms. The first kappa shape index (κ1) is 20.0. The van der Waals surface area contributed by atoms with E-state index in [2.05, 4.69) is 10.6 Å². The third-order valence-electron chi connectivity index (χ3n) is 4.45. The molecule has 2 amide bonds. The number of anilines is 2. The van der Waals surface area contributed by atoms with Crippen LogP contribution in [0.4, 0.5) is 20.2 Å². The molecular weight excluding hydrogens is 402 g/mol. The van der Waals surface area contributed by atoms with Crippen molar-refractivity contribution < 1.29 is 22.8 Å². The molecule has 5 nitrogen and oxygen atoms in total. The number of hydrogen-bond acceptors (Lipinski definition) is 3. The minimum absolute atomic E-state index is 0.0469. The molecule has 0 aliphatic heterocycles.